The van der Waals surface area contributed by atoms with Crippen LogP contribution in [0.3, 0.4) is 0 Å². The molecule has 0 atom stereocenters. The first-order valence-corrected chi connectivity index (χ1v) is 24.2. The number of ether oxygens (including phenoxy) is 1. The minimum absolute atomic E-state index is 0.00413. The summed E-state index contributed by atoms with van der Waals surface area (Å²) in [6, 6.07) is 56.0. The first kappa shape index (κ1) is 38.5. The second-order valence-corrected chi connectivity index (χ2v) is 19.4. The SMILES string of the molecule is [2H]C([2H])([2H])c1ccc(-c2nc3ccccc3n2-c2c(C(C)C)cc(-c3ccccc3)cc2C(C)C)cc1Oc1cc(-c2nc3ccccc3n2-c2c(C(C)C)cc(-c3ccccc3)cc2C(C)C)ccc1C([2H])([2H])[2H]. The fourth-order valence-corrected chi connectivity index (χ4v) is 9.73. The van der Waals surface area contributed by atoms with Crippen molar-refractivity contribution in [3.63, 3.8) is 0 Å². The van der Waals surface area contributed by atoms with Gasteiger partial charge in [-0.2, -0.15) is 0 Å². The van der Waals surface area contributed by atoms with Crippen LogP contribution in [0.4, 0.5) is 0 Å². The predicted molar refractivity (Wildman–Crippen MR) is 290 cm³/mol. The van der Waals surface area contributed by atoms with Gasteiger partial charge < -0.3 is 4.74 Å². The van der Waals surface area contributed by atoms with E-state index < -0.39 is 13.7 Å². The van der Waals surface area contributed by atoms with E-state index in [0.29, 0.717) is 22.8 Å². The summed E-state index contributed by atoms with van der Waals surface area (Å²) < 4.78 is 64.0. The predicted octanol–water partition coefficient (Wildman–Crippen LogP) is 17.9. The fraction of sp³-hybridized carbons (Fsp3) is 0.219. The summed E-state index contributed by atoms with van der Waals surface area (Å²) in [6.07, 6.45) is 0. The molecular formula is C64H62N4O. The summed E-state index contributed by atoms with van der Waals surface area (Å²) >= 11 is 0. The number of para-hydroxylation sites is 4. The molecule has 10 rings (SSSR count). The molecule has 0 aliphatic rings. The highest BCUT2D eigenvalue weighted by Crippen LogP contribution is 2.44. The van der Waals surface area contributed by atoms with Gasteiger partial charge in [-0.15, -0.1) is 0 Å². The van der Waals surface area contributed by atoms with E-state index in [2.05, 4.69) is 149 Å². The average Bonchev–Trinajstić information content (AvgIpc) is 4.04. The van der Waals surface area contributed by atoms with Crippen molar-refractivity contribution in [2.75, 3.05) is 0 Å². The van der Waals surface area contributed by atoms with Gasteiger partial charge in [0.15, 0.2) is 0 Å². The minimum atomic E-state index is -2.63. The molecule has 344 valence electrons. The van der Waals surface area contributed by atoms with Crippen molar-refractivity contribution in [2.45, 2.75) is 92.8 Å². The third-order valence-corrected chi connectivity index (χ3v) is 13.3. The quantitative estimate of drug-likeness (QED) is 0.123. The smallest absolute Gasteiger partial charge is 0.145 e. The summed E-state index contributed by atoms with van der Waals surface area (Å²) in [5.41, 5.74) is 15.5. The minimum Gasteiger partial charge on any atom is -0.457 e. The van der Waals surface area contributed by atoms with Gasteiger partial charge in [0, 0.05) is 19.4 Å². The second-order valence-electron chi connectivity index (χ2n) is 19.4. The van der Waals surface area contributed by atoms with Crippen LogP contribution >= 0.6 is 0 Å². The zero-order valence-corrected chi connectivity index (χ0v) is 40.7. The third-order valence-electron chi connectivity index (χ3n) is 13.3. The summed E-state index contributed by atoms with van der Waals surface area (Å²) in [5, 5.41) is 0. The second kappa shape index (κ2) is 18.5. The molecule has 0 unspecified atom stereocenters. The van der Waals surface area contributed by atoms with Crippen LogP contribution < -0.4 is 4.74 Å². The standard InChI is InChI=1S/C64H62N4O/c1-39(2)51-33-49(45-21-13-11-14-22-45)34-52(40(3)4)61(51)67-57-27-19-17-25-55(57)65-63(67)47-31-29-43(9)59(37-47)69-60-38-48(32-30-44(60)10)64-66-56-26-18-20-28-58(56)68(64)62-53(41(5)6)35-50(36-54(62)42(7)8)46-23-15-12-16-24-46/h11-42H,1-10H3/i9D3,10D3. The van der Waals surface area contributed by atoms with E-state index in [1.54, 1.807) is 36.4 Å². The highest BCUT2D eigenvalue weighted by molar-refractivity contribution is 5.87. The van der Waals surface area contributed by atoms with Crippen LogP contribution in [0, 0.1) is 13.7 Å². The van der Waals surface area contributed by atoms with Crippen molar-refractivity contribution in [3.8, 4) is 67.9 Å². The molecule has 0 radical (unpaired) electrons. The molecule has 10 aromatic rings. The Morgan fingerprint density at radius 2 is 0.725 bits per heavy atom. The Morgan fingerprint density at radius 3 is 1.07 bits per heavy atom. The number of imidazole rings is 2. The van der Waals surface area contributed by atoms with E-state index >= 15 is 0 Å². The van der Waals surface area contributed by atoms with Crippen molar-refractivity contribution in [3.05, 3.63) is 203 Å². The Hall–Kier alpha value is -7.50. The van der Waals surface area contributed by atoms with Gasteiger partial charge >= 0.3 is 0 Å². The molecule has 0 N–H and O–H groups in total. The van der Waals surface area contributed by atoms with Crippen LogP contribution in [-0.4, -0.2) is 19.1 Å². The molecule has 0 fully saturated rings. The number of fused-ring (bicyclic) bond motifs is 2. The van der Waals surface area contributed by atoms with Crippen LogP contribution in [0.2, 0.25) is 0 Å². The lowest BCUT2D eigenvalue weighted by molar-refractivity contribution is 0.475. The highest BCUT2D eigenvalue weighted by Gasteiger charge is 2.26. The molecule has 0 saturated heterocycles. The molecular weight excluding hydrogens is 841 g/mol. The maximum absolute atomic E-state index is 8.79. The number of aryl methyl sites for hydroxylation is 2. The van der Waals surface area contributed by atoms with Crippen molar-refractivity contribution in [1.82, 2.24) is 19.1 Å². The number of rotatable bonds is 12. The topological polar surface area (TPSA) is 44.9 Å². The molecule has 8 aromatic carbocycles. The monoisotopic (exact) mass is 909 g/mol. The number of hydrogen-bond acceptors (Lipinski definition) is 3. The Morgan fingerprint density at radius 1 is 0.377 bits per heavy atom. The molecule has 5 heteroatoms. The average molecular weight is 909 g/mol. The van der Waals surface area contributed by atoms with E-state index in [-0.39, 0.29) is 46.3 Å². The lowest BCUT2D eigenvalue weighted by Crippen LogP contribution is -2.09. The van der Waals surface area contributed by atoms with Crippen LogP contribution in [-0.2, 0) is 0 Å². The summed E-state index contributed by atoms with van der Waals surface area (Å²) in [4.78, 5) is 10.6. The van der Waals surface area contributed by atoms with Crippen molar-refractivity contribution >= 4 is 22.1 Å². The van der Waals surface area contributed by atoms with Crippen LogP contribution in [0.1, 0.15) is 121 Å². The molecule has 5 nitrogen and oxygen atoms in total. The number of nitrogens with zero attached hydrogens (tertiary/aromatic N) is 4. The van der Waals surface area contributed by atoms with Gasteiger partial charge in [-0.1, -0.05) is 165 Å². The van der Waals surface area contributed by atoms with E-state index in [1.165, 1.54) is 0 Å². The van der Waals surface area contributed by atoms with E-state index in [0.717, 1.165) is 77.9 Å². The highest BCUT2D eigenvalue weighted by atomic mass is 16.5. The maximum atomic E-state index is 8.79. The Labute approximate surface area is 416 Å². The molecule has 0 amide bonds. The zero-order chi connectivity index (χ0) is 53.1. The Kier molecular flexibility index (Phi) is 10.3. The van der Waals surface area contributed by atoms with Gasteiger partial charge in [-0.25, -0.2) is 9.97 Å². The zero-order valence-electron chi connectivity index (χ0n) is 46.7. The first-order valence-electron chi connectivity index (χ1n) is 27.2. The van der Waals surface area contributed by atoms with Crippen LogP contribution in [0.25, 0.3) is 78.5 Å². The number of hydrogen-bond donors (Lipinski definition) is 0. The maximum Gasteiger partial charge on any atom is 0.145 e. The van der Waals surface area contributed by atoms with Gasteiger partial charge in [0.05, 0.1) is 33.4 Å². The summed E-state index contributed by atoms with van der Waals surface area (Å²) in [6.45, 7) is 12.4. The van der Waals surface area contributed by atoms with Crippen molar-refractivity contribution < 1.29 is 13.0 Å². The molecule has 0 bridgehead atoms. The molecule has 0 aliphatic heterocycles. The van der Waals surface area contributed by atoms with Gasteiger partial charge in [-0.05, 0) is 154 Å². The third kappa shape index (κ3) is 8.45. The normalized spacial score (nSPS) is 13.5. The molecule has 2 heterocycles. The largest absolute Gasteiger partial charge is 0.457 e. The lowest BCUT2D eigenvalue weighted by atomic mass is 9.88. The van der Waals surface area contributed by atoms with E-state index in [4.69, 9.17) is 22.9 Å². The van der Waals surface area contributed by atoms with Gasteiger partial charge in [0.1, 0.15) is 23.1 Å². The van der Waals surface area contributed by atoms with Gasteiger partial charge in [0.25, 0.3) is 0 Å². The number of benzene rings is 8. The summed E-state index contributed by atoms with van der Waals surface area (Å²) in [7, 11) is 0. The molecule has 2 aromatic heterocycles. The van der Waals surface area contributed by atoms with E-state index in [1.807, 2.05) is 48.5 Å². The molecule has 0 spiro atoms. The molecule has 0 saturated carbocycles. The van der Waals surface area contributed by atoms with Crippen LogP contribution in [0.15, 0.2) is 170 Å². The Balaban J connectivity index is 1.18. The van der Waals surface area contributed by atoms with Crippen molar-refractivity contribution in [1.29, 1.82) is 0 Å². The Bertz CT molecular complexity index is 3430. The van der Waals surface area contributed by atoms with Crippen LogP contribution in [0.5, 0.6) is 11.5 Å². The van der Waals surface area contributed by atoms with Gasteiger partial charge in [-0.3, -0.25) is 9.13 Å². The molecule has 0 aliphatic carbocycles. The lowest BCUT2D eigenvalue weighted by Gasteiger charge is -2.24. The van der Waals surface area contributed by atoms with Gasteiger partial charge in [0.2, 0.25) is 0 Å². The van der Waals surface area contributed by atoms with Crippen molar-refractivity contribution in [2.24, 2.45) is 0 Å². The molecule has 69 heavy (non-hydrogen) atoms. The first-order chi connectivity index (χ1) is 35.8. The number of aromatic nitrogens is 4. The van der Waals surface area contributed by atoms with E-state index in [9.17, 15) is 0 Å². The fourth-order valence-electron chi connectivity index (χ4n) is 9.73. The summed E-state index contributed by atoms with van der Waals surface area (Å²) in [5.74, 6) is 1.65.